The molecule has 0 aliphatic carbocycles. The molecule has 3 aromatic rings. The monoisotopic (exact) mass is 536 g/mol. The van der Waals surface area contributed by atoms with Crippen molar-refractivity contribution in [3.05, 3.63) is 119 Å². The summed E-state index contributed by atoms with van der Waals surface area (Å²) in [5, 5.41) is 10.2. The number of hydrogen-bond donors (Lipinski definition) is 1. The van der Waals surface area contributed by atoms with Gasteiger partial charge >= 0.3 is 11.9 Å². The van der Waals surface area contributed by atoms with Gasteiger partial charge in [-0.25, -0.2) is 9.59 Å². The van der Waals surface area contributed by atoms with Crippen LogP contribution in [0.5, 0.6) is 0 Å². The number of nitriles is 1. The number of hydrogen-bond acceptors (Lipinski definition) is 8. The largest absolute Gasteiger partial charge is 0.466 e. The molecule has 1 heterocycles. The van der Waals surface area contributed by atoms with E-state index in [0.29, 0.717) is 23.4 Å². The molecule has 0 spiro atoms. The van der Waals surface area contributed by atoms with Crippen LogP contribution >= 0.6 is 0 Å². The standard InChI is InChI=1S/C31H28N4O5/c1-4-34(22-13-9-6-10-14-22)29(36)21-15-17-23(18-16-21)35-27(31(38)40-3)26(30(37)39-2)25(24(19-32)28(35)33)20-11-7-5-8-12-20/h5-18,25H,4,33H2,1-3H3. The molecular weight excluding hydrogens is 508 g/mol. The Morgan fingerprint density at radius 2 is 1.48 bits per heavy atom. The van der Waals surface area contributed by atoms with Crippen LogP contribution in [0.1, 0.15) is 28.8 Å². The van der Waals surface area contributed by atoms with Crippen molar-refractivity contribution in [2.24, 2.45) is 5.73 Å². The molecule has 4 rings (SSSR count). The Morgan fingerprint density at radius 3 is 2.00 bits per heavy atom. The predicted molar refractivity (Wildman–Crippen MR) is 150 cm³/mol. The van der Waals surface area contributed by atoms with Crippen LogP contribution in [0.25, 0.3) is 0 Å². The van der Waals surface area contributed by atoms with E-state index in [4.69, 9.17) is 15.2 Å². The second kappa shape index (κ2) is 12.0. The lowest BCUT2D eigenvalue weighted by Crippen LogP contribution is -2.40. The van der Waals surface area contributed by atoms with Crippen molar-refractivity contribution in [1.29, 1.82) is 5.26 Å². The zero-order chi connectivity index (χ0) is 28.8. The third-order valence-electron chi connectivity index (χ3n) is 6.61. The molecule has 0 fully saturated rings. The maximum Gasteiger partial charge on any atom is 0.355 e. The average molecular weight is 537 g/mol. The van der Waals surface area contributed by atoms with Gasteiger partial charge < -0.3 is 20.1 Å². The lowest BCUT2D eigenvalue weighted by Gasteiger charge is -2.36. The first-order valence-electron chi connectivity index (χ1n) is 12.5. The normalized spacial score (nSPS) is 14.8. The van der Waals surface area contributed by atoms with E-state index in [9.17, 15) is 19.6 Å². The van der Waals surface area contributed by atoms with E-state index in [1.54, 1.807) is 59.5 Å². The van der Waals surface area contributed by atoms with Crippen molar-refractivity contribution in [3.63, 3.8) is 0 Å². The van der Waals surface area contributed by atoms with Gasteiger partial charge in [-0.1, -0.05) is 48.5 Å². The van der Waals surface area contributed by atoms with Crippen molar-refractivity contribution in [1.82, 2.24) is 0 Å². The van der Waals surface area contributed by atoms with Crippen molar-refractivity contribution in [3.8, 4) is 6.07 Å². The summed E-state index contributed by atoms with van der Waals surface area (Å²) < 4.78 is 10.1. The fourth-order valence-electron chi connectivity index (χ4n) is 4.74. The van der Waals surface area contributed by atoms with Crippen LogP contribution in [0, 0.1) is 11.3 Å². The van der Waals surface area contributed by atoms with E-state index in [1.165, 1.54) is 19.1 Å². The first kappa shape index (κ1) is 27.7. The zero-order valence-corrected chi connectivity index (χ0v) is 22.3. The molecular formula is C31H28N4O5. The molecule has 2 N–H and O–H groups in total. The summed E-state index contributed by atoms with van der Waals surface area (Å²) >= 11 is 0. The van der Waals surface area contributed by atoms with E-state index in [0.717, 1.165) is 5.69 Å². The van der Waals surface area contributed by atoms with E-state index in [1.807, 2.05) is 37.3 Å². The lowest BCUT2D eigenvalue weighted by molar-refractivity contribution is -0.139. The summed E-state index contributed by atoms with van der Waals surface area (Å²) in [5.74, 6) is -2.89. The summed E-state index contributed by atoms with van der Waals surface area (Å²) in [7, 11) is 2.38. The van der Waals surface area contributed by atoms with E-state index >= 15 is 0 Å². The molecule has 9 heteroatoms. The number of nitrogens with two attached hydrogens (primary N) is 1. The number of para-hydroxylation sites is 1. The van der Waals surface area contributed by atoms with Gasteiger partial charge in [-0.2, -0.15) is 5.26 Å². The molecule has 0 saturated carbocycles. The molecule has 1 unspecified atom stereocenters. The molecule has 1 aliphatic rings. The van der Waals surface area contributed by atoms with Crippen LogP contribution in [0.4, 0.5) is 11.4 Å². The van der Waals surface area contributed by atoms with E-state index < -0.39 is 17.9 Å². The number of ether oxygens (including phenoxy) is 2. The molecule has 0 radical (unpaired) electrons. The number of methoxy groups -OCH3 is 2. The first-order valence-corrected chi connectivity index (χ1v) is 12.5. The topological polar surface area (TPSA) is 126 Å². The number of carbonyl (C=O) groups excluding carboxylic acids is 3. The smallest absolute Gasteiger partial charge is 0.355 e. The minimum atomic E-state index is -0.964. The second-order valence-corrected chi connectivity index (χ2v) is 8.77. The van der Waals surface area contributed by atoms with Gasteiger partial charge in [-0.3, -0.25) is 9.69 Å². The number of amides is 1. The number of anilines is 2. The van der Waals surface area contributed by atoms with Gasteiger partial charge in [0.25, 0.3) is 5.91 Å². The zero-order valence-electron chi connectivity index (χ0n) is 22.3. The fraction of sp³-hybridized carbons (Fsp3) is 0.161. The molecule has 9 nitrogen and oxygen atoms in total. The molecule has 40 heavy (non-hydrogen) atoms. The van der Waals surface area contributed by atoms with Crippen molar-refractivity contribution in [2.45, 2.75) is 12.8 Å². The van der Waals surface area contributed by atoms with Crippen LogP contribution in [0.2, 0.25) is 0 Å². The quantitative estimate of drug-likeness (QED) is 0.444. The third-order valence-corrected chi connectivity index (χ3v) is 6.61. The highest BCUT2D eigenvalue weighted by Gasteiger charge is 2.43. The Balaban J connectivity index is 1.86. The second-order valence-electron chi connectivity index (χ2n) is 8.77. The van der Waals surface area contributed by atoms with Gasteiger partial charge in [0.15, 0.2) is 0 Å². The minimum absolute atomic E-state index is 0.0528. The third kappa shape index (κ3) is 5.02. The van der Waals surface area contributed by atoms with Crippen LogP contribution in [0.15, 0.2) is 108 Å². The molecule has 1 atom stereocenters. The van der Waals surface area contributed by atoms with Gasteiger partial charge in [-0.15, -0.1) is 0 Å². The highest BCUT2D eigenvalue weighted by molar-refractivity contribution is 6.08. The highest BCUT2D eigenvalue weighted by Crippen LogP contribution is 2.43. The molecule has 202 valence electrons. The summed E-state index contributed by atoms with van der Waals surface area (Å²) in [6.07, 6.45) is 0. The molecule has 0 saturated heterocycles. The van der Waals surface area contributed by atoms with Crippen LogP contribution in [-0.4, -0.2) is 38.6 Å². The summed E-state index contributed by atoms with van der Waals surface area (Å²) in [6.45, 7) is 2.34. The first-order chi connectivity index (χ1) is 19.4. The average Bonchev–Trinajstić information content (AvgIpc) is 3.01. The number of allylic oxidation sites excluding steroid dienone is 1. The van der Waals surface area contributed by atoms with Gasteiger partial charge in [-0.05, 0) is 48.9 Å². The van der Waals surface area contributed by atoms with Gasteiger partial charge in [0.1, 0.15) is 11.5 Å². The maximum absolute atomic E-state index is 13.3. The summed E-state index contributed by atoms with van der Waals surface area (Å²) in [5.41, 5.74) is 8.39. The van der Waals surface area contributed by atoms with Crippen molar-refractivity contribution >= 4 is 29.2 Å². The van der Waals surface area contributed by atoms with E-state index in [2.05, 4.69) is 6.07 Å². The number of esters is 2. The van der Waals surface area contributed by atoms with Gasteiger partial charge in [0.2, 0.25) is 0 Å². The Bertz CT molecular complexity index is 1520. The molecule has 0 bridgehead atoms. The Hall–Kier alpha value is -5.36. The number of nitrogens with zero attached hydrogens (tertiary/aromatic N) is 3. The van der Waals surface area contributed by atoms with Gasteiger partial charge in [0.05, 0.1) is 37.4 Å². The van der Waals surface area contributed by atoms with Crippen LogP contribution in [0.3, 0.4) is 0 Å². The number of benzene rings is 3. The molecule has 3 aromatic carbocycles. The molecule has 0 aromatic heterocycles. The van der Waals surface area contributed by atoms with Crippen molar-refractivity contribution in [2.75, 3.05) is 30.6 Å². The lowest BCUT2D eigenvalue weighted by atomic mass is 9.81. The summed E-state index contributed by atoms with van der Waals surface area (Å²) in [4.78, 5) is 42.6. The van der Waals surface area contributed by atoms with E-state index in [-0.39, 0.29) is 28.6 Å². The SMILES string of the molecule is CCN(C(=O)c1ccc(N2C(N)=C(C#N)C(c3ccccc3)C(C(=O)OC)=C2C(=O)OC)cc1)c1ccccc1. The van der Waals surface area contributed by atoms with Crippen molar-refractivity contribution < 1.29 is 23.9 Å². The number of rotatable bonds is 7. The van der Waals surface area contributed by atoms with Gasteiger partial charge in [0, 0.05) is 23.5 Å². The van der Waals surface area contributed by atoms with Crippen LogP contribution < -0.4 is 15.5 Å². The predicted octanol–water partition coefficient (Wildman–Crippen LogP) is 4.25. The highest BCUT2D eigenvalue weighted by atomic mass is 16.5. The summed E-state index contributed by atoms with van der Waals surface area (Å²) in [6, 6.07) is 26.5. The maximum atomic E-state index is 13.3. The minimum Gasteiger partial charge on any atom is -0.466 e. The Morgan fingerprint density at radius 1 is 0.900 bits per heavy atom. The van der Waals surface area contributed by atoms with Crippen LogP contribution in [-0.2, 0) is 19.1 Å². The Labute approximate surface area is 232 Å². The molecule has 1 aliphatic heterocycles. The molecule has 1 amide bonds. The fourth-order valence-corrected chi connectivity index (χ4v) is 4.74. The Kier molecular flexibility index (Phi) is 8.30. The number of carbonyl (C=O) groups is 3.